The summed E-state index contributed by atoms with van der Waals surface area (Å²) < 4.78 is 52.1. The van der Waals surface area contributed by atoms with Crippen molar-refractivity contribution in [1.29, 1.82) is 0 Å². The van der Waals surface area contributed by atoms with Crippen LogP contribution in [0.25, 0.3) is 0 Å². The number of halogens is 4. The van der Waals surface area contributed by atoms with Crippen molar-refractivity contribution in [2.24, 2.45) is 0 Å². The standard InChI is InChI=1S/C13H14F4N2O/c1-8-4-2-3-5-19(8)12(20)9-6-18-7-10(14)11(9)13(15,16)17/h6-8H,2-5H2,1H3. The van der Waals surface area contributed by atoms with Crippen LogP contribution in [0.2, 0.25) is 0 Å². The van der Waals surface area contributed by atoms with Gasteiger partial charge < -0.3 is 4.90 Å². The number of hydrogen-bond donors (Lipinski definition) is 0. The Kier molecular flexibility index (Phi) is 3.96. The lowest BCUT2D eigenvalue weighted by Crippen LogP contribution is -2.42. The largest absolute Gasteiger partial charge is 0.420 e. The molecule has 1 saturated heterocycles. The smallest absolute Gasteiger partial charge is 0.336 e. The first-order valence-corrected chi connectivity index (χ1v) is 6.34. The van der Waals surface area contributed by atoms with Crippen molar-refractivity contribution in [3.8, 4) is 0 Å². The summed E-state index contributed by atoms with van der Waals surface area (Å²) in [6, 6.07) is -0.152. The van der Waals surface area contributed by atoms with E-state index in [0.29, 0.717) is 12.7 Å². The quantitative estimate of drug-likeness (QED) is 0.744. The first-order chi connectivity index (χ1) is 9.32. The van der Waals surface area contributed by atoms with E-state index >= 15 is 0 Å². The van der Waals surface area contributed by atoms with E-state index in [0.717, 1.165) is 25.5 Å². The molecule has 1 aromatic rings. The molecule has 1 aliphatic rings. The summed E-state index contributed by atoms with van der Waals surface area (Å²) in [5, 5.41) is 0. The normalized spacial score (nSPS) is 20.1. The third-order valence-corrected chi connectivity index (χ3v) is 3.48. The van der Waals surface area contributed by atoms with Gasteiger partial charge in [-0.15, -0.1) is 0 Å². The van der Waals surface area contributed by atoms with Gasteiger partial charge in [0.15, 0.2) is 5.82 Å². The van der Waals surface area contributed by atoms with E-state index in [1.165, 1.54) is 4.90 Å². The third-order valence-electron chi connectivity index (χ3n) is 3.48. The maximum Gasteiger partial charge on any atom is 0.420 e. The van der Waals surface area contributed by atoms with E-state index in [9.17, 15) is 22.4 Å². The van der Waals surface area contributed by atoms with Crippen LogP contribution in [0.4, 0.5) is 17.6 Å². The maximum atomic E-state index is 13.4. The van der Waals surface area contributed by atoms with Gasteiger partial charge in [-0.1, -0.05) is 0 Å². The van der Waals surface area contributed by atoms with Gasteiger partial charge >= 0.3 is 6.18 Å². The van der Waals surface area contributed by atoms with E-state index in [1.54, 1.807) is 6.92 Å². The van der Waals surface area contributed by atoms with Crippen LogP contribution < -0.4 is 0 Å². The van der Waals surface area contributed by atoms with Crippen LogP contribution in [0.15, 0.2) is 12.4 Å². The number of hydrogen-bond acceptors (Lipinski definition) is 2. The minimum absolute atomic E-state index is 0.152. The Hall–Kier alpha value is -1.66. The van der Waals surface area contributed by atoms with Crippen LogP contribution in [0, 0.1) is 5.82 Å². The van der Waals surface area contributed by atoms with Crippen LogP contribution in [0.5, 0.6) is 0 Å². The van der Waals surface area contributed by atoms with Gasteiger partial charge in [0.1, 0.15) is 5.56 Å². The van der Waals surface area contributed by atoms with E-state index < -0.39 is 29.0 Å². The molecule has 0 spiro atoms. The lowest BCUT2D eigenvalue weighted by molar-refractivity contribution is -0.140. The number of nitrogens with zero attached hydrogens (tertiary/aromatic N) is 2. The van der Waals surface area contributed by atoms with Gasteiger partial charge in [-0.2, -0.15) is 13.2 Å². The van der Waals surface area contributed by atoms with Crippen molar-refractivity contribution < 1.29 is 22.4 Å². The molecule has 0 aliphatic carbocycles. The number of amides is 1. The summed E-state index contributed by atoms with van der Waals surface area (Å²) in [5.41, 5.74) is -2.25. The van der Waals surface area contributed by atoms with Crippen LogP contribution in [-0.4, -0.2) is 28.4 Å². The summed E-state index contributed by atoms with van der Waals surface area (Å²) in [7, 11) is 0. The lowest BCUT2D eigenvalue weighted by Gasteiger charge is -2.33. The summed E-state index contributed by atoms with van der Waals surface area (Å²) in [6.45, 7) is 2.16. The number of pyridine rings is 1. The summed E-state index contributed by atoms with van der Waals surface area (Å²) >= 11 is 0. The lowest BCUT2D eigenvalue weighted by atomic mass is 10.0. The van der Waals surface area contributed by atoms with Crippen molar-refractivity contribution >= 4 is 5.91 Å². The molecule has 1 atom stereocenters. The van der Waals surface area contributed by atoms with Crippen molar-refractivity contribution in [3.63, 3.8) is 0 Å². The number of carbonyl (C=O) groups is 1. The summed E-state index contributed by atoms with van der Waals surface area (Å²) in [6.07, 6.45) is -1.26. The highest BCUT2D eigenvalue weighted by Crippen LogP contribution is 2.34. The van der Waals surface area contributed by atoms with Crippen molar-refractivity contribution in [1.82, 2.24) is 9.88 Å². The topological polar surface area (TPSA) is 33.2 Å². The molecular formula is C13H14F4N2O. The van der Waals surface area contributed by atoms with Gasteiger partial charge in [0.2, 0.25) is 0 Å². The van der Waals surface area contributed by atoms with Gasteiger partial charge in [-0.25, -0.2) is 4.39 Å². The van der Waals surface area contributed by atoms with Crippen LogP contribution >= 0.6 is 0 Å². The fourth-order valence-corrected chi connectivity index (χ4v) is 2.44. The van der Waals surface area contributed by atoms with E-state index in [4.69, 9.17) is 0 Å². The Morgan fingerprint density at radius 1 is 1.35 bits per heavy atom. The second-order valence-electron chi connectivity index (χ2n) is 4.88. The Balaban J connectivity index is 2.42. The highest BCUT2D eigenvalue weighted by Gasteiger charge is 2.40. The Bertz CT molecular complexity index is 516. The zero-order valence-electron chi connectivity index (χ0n) is 10.9. The van der Waals surface area contributed by atoms with Crippen LogP contribution in [-0.2, 0) is 6.18 Å². The molecule has 7 heteroatoms. The molecule has 0 N–H and O–H groups in total. The SMILES string of the molecule is CC1CCCCN1C(=O)c1cncc(F)c1C(F)(F)F. The van der Waals surface area contributed by atoms with Gasteiger partial charge in [0.25, 0.3) is 5.91 Å². The molecular weight excluding hydrogens is 276 g/mol. The first-order valence-electron chi connectivity index (χ1n) is 6.34. The molecule has 0 aromatic carbocycles. The average molecular weight is 290 g/mol. The molecule has 20 heavy (non-hydrogen) atoms. The zero-order valence-corrected chi connectivity index (χ0v) is 10.9. The molecule has 110 valence electrons. The second kappa shape index (κ2) is 5.38. The Morgan fingerprint density at radius 2 is 2.05 bits per heavy atom. The molecule has 0 bridgehead atoms. The minimum atomic E-state index is -4.92. The molecule has 2 rings (SSSR count). The number of carbonyl (C=O) groups excluding carboxylic acids is 1. The molecule has 1 aliphatic heterocycles. The van der Waals surface area contributed by atoms with E-state index in [-0.39, 0.29) is 6.04 Å². The Morgan fingerprint density at radius 3 is 2.65 bits per heavy atom. The number of likely N-dealkylation sites (tertiary alicyclic amines) is 1. The molecule has 1 amide bonds. The van der Waals surface area contributed by atoms with Gasteiger partial charge in [-0.3, -0.25) is 9.78 Å². The third kappa shape index (κ3) is 2.76. The van der Waals surface area contributed by atoms with Crippen molar-refractivity contribution in [2.75, 3.05) is 6.54 Å². The first kappa shape index (κ1) is 14.7. The highest BCUT2D eigenvalue weighted by molar-refractivity contribution is 5.95. The average Bonchev–Trinajstić information content (AvgIpc) is 2.36. The highest BCUT2D eigenvalue weighted by atomic mass is 19.4. The number of rotatable bonds is 1. The predicted octanol–water partition coefficient (Wildman–Crippen LogP) is 3.25. The van der Waals surface area contributed by atoms with Gasteiger partial charge in [-0.05, 0) is 26.2 Å². The molecule has 0 radical (unpaired) electrons. The molecule has 3 nitrogen and oxygen atoms in total. The number of piperidine rings is 1. The van der Waals surface area contributed by atoms with Crippen molar-refractivity contribution in [3.05, 3.63) is 29.3 Å². The fraction of sp³-hybridized carbons (Fsp3) is 0.538. The molecule has 1 fully saturated rings. The molecule has 1 unspecified atom stereocenters. The second-order valence-corrected chi connectivity index (χ2v) is 4.88. The number of aromatic nitrogens is 1. The van der Waals surface area contributed by atoms with Crippen molar-refractivity contribution in [2.45, 2.75) is 38.4 Å². The summed E-state index contributed by atoms with van der Waals surface area (Å²) in [4.78, 5) is 17.0. The van der Waals surface area contributed by atoms with Gasteiger partial charge in [0, 0.05) is 18.8 Å². The maximum absolute atomic E-state index is 13.4. The number of alkyl halides is 3. The van der Waals surface area contributed by atoms with Gasteiger partial charge in [0.05, 0.1) is 11.8 Å². The van der Waals surface area contributed by atoms with E-state index in [2.05, 4.69) is 4.98 Å². The molecule has 2 heterocycles. The Labute approximate surface area is 113 Å². The molecule has 0 saturated carbocycles. The summed E-state index contributed by atoms with van der Waals surface area (Å²) in [5.74, 6) is -2.33. The molecule has 1 aromatic heterocycles. The monoisotopic (exact) mass is 290 g/mol. The minimum Gasteiger partial charge on any atom is -0.336 e. The van der Waals surface area contributed by atoms with E-state index in [1.807, 2.05) is 0 Å². The zero-order chi connectivity index (χ0) is 14.9. The predicted molar refractivity (Wildman–Crippen MR) is 63.5 cm³/mol. The van der Waals surface area contributed by atoms with Crippen LogP contribution in [0.1, 0.15) is 42.1 Å². The van der Waals surface area contributed by atoms with Crippen LogP contribution in [0.3, 0.4) is 0 Å². The fourth-order valence-electron chi connectivity index (χ4n) is 2.44.